The van der Waals surface area contributed by atoms with Crippen molar-refractivity contribution in [1.29, 1.82) is 0 Å². The molecule has 100 valence electrons. The van der Waals surface area contributed by atoms with Crippen LogP contribution in [0.3, 0.4) is 0 Å². The molecule has 1 N–H and O–H groups in total. The van der Waals surface area contributed by atoms with Crippen LogP contribution in [0.4, 0.5) is 0 Å². The van der Waals surface area contributed by atoms with E-state index in [0.29, 0.717) is 10.8 Å². The van der Waals surface area contributed by atoms with Gasteiger partial charge in [-0.25, -0.2) is 8.42 Å². The first-order chi connectivity index (χ1) is 8.25. The number of sulfone groups is 1. The molecule has 0 amide bonds. The van der Waals surface area contributed by atoms with Crippen molar-refractivity contribution in [1.82, 2.24) is 5.32 Å². The summed E-state index contributed by atoms with van der Waals surface area (Å²) in [6.07, 6.45) is 0. The number of nitrogens with one attached hydrogen (secondary N) is 1. The van der Waals surface area contributed by atoms with E-state index in [1.807, 2.05) is 12.1 Å². The van der Waals surface area contributed by atoms with E-state index in [4.69, 9.17) is 0 Å². The van der Waals surface area contributed by atoms with Crippen LogP contribution in [0, 0.1) is 0 Å². The molecule has 18 heavy (non-hydrogen) atoms. The number of rotatable bonds is 3. The van der Waals surface area contributed by atoms with Gasteiger partial charge in [-0.3, -0.25) is 0 Å². The standard InChI is InChI=1S/C14H21NO2S/c1-10(2)18(16,17)12-7-5-11(6-8-12)13-9-15-14(13,3)4/h5-8,10,13,15H,9H2,1-4H3. The minimum Gasteiger partial charge on any atom is -0.310 e. The molecule has 1 saturated heterocycles. The van der Waals surface area contributed by atoms with Gasteiger partial charge in [0.1, 0.15) is 0 Å². The first-order valence-corrected chi connectivity index (χ1v) is 7.88. The van der Waals surface area contributed by atoms with Crippen LogP contribution in [0.5, 0.6) is 0 Å². The van der Waals surface area contributed by atoms with Crippen molar-refractivity contribution < 1.29 is 8.42 Å². The summed E-state index contributed by atoms with van der Waals surface area (Å²) in [5.74, 6) is 0.466. The Balaban J connectivity index is 2.27. The predicted molar refractivity (Wildman–Crippen MR) is 73.6 cm³/mol. The molecule has 1 aromatic carbocycles. The van der Waals surface area contributed by atoms with Crippen molar-refractivity contribution in [2.75, 3.05) is 6.54 Å². The Labute approximate surface area is 110 Å². The van der Waals surface area contributed by atoms with Crippen molar-refractivity contribution >= 4 is 9.84 Å². The summed E-state index contributed by atoms with van der Waals surface area (Å²) in [6.45, 7) is 8.72. The second-order valence-electron chi connectivity index (χ2n) is 5.82. The van der Waals surface area contributed by atoms with Gasteiger partial charge < -0.3 is 5.32 Å². The Kier molecular flexibility index (Phi) is 3.28. The summed E-state index contributed by atoms with van der Waals surface area (Å²) < 4.78 is 24.0. The zero-order valence-electron chi connectivity index (χ0n) is 11.4. The Morgan fingerprint density at radius 1 is 1.22 bits per heavy atom. The maximum absolute atomic E-state index is 12.0. The second-order valence-corrected chi connectivity index (χ2v) is 8.32. The molecular weight excluding hydrogens is 246 g/mol. The molecule has 0 radical (unpaired) electrons. The number of hydrogen-bond donors (Lipinski definition) is 1. The first-order valence-electron chi connectivity index (χ1n) is 6.34. The van der Waals surface area contributed by atoms with Crippen LogP contribution in [0.25, 0.3) is 0 Å². The molecule has 1 aliphatic heterocycles. The van der Waals surface area contributed by atoms with Crippen molar-refractivity contribution in [3.05, 3.63) is 29.8 Å². The van der Waals surface area contributed by atoms with E-state index >= 15 is 0 Å². The van der Waals surface area contributed by atoms with Crippen LogP contribution in [0.1, 0.15) is 39.2 Å². The van der Waals surface area contributed by atoms with E-state index < -0.39 is 9.84 Å². The van der Waals surface area contributed by atoms with Gasteiger partial charge >= 0.3 is 0 Å². The molecule has 1 unspecified atom stereocenters. The fraction of sp³-hybridized carbons (Fsp3) is 0.571. The summed E-state index contributed by atoms with van der Waals surface area (Å²) in [6, 6.07) is 7.36. The average molecular weight is 267 g/mol. The molecule has 4 heteroatoms. The van der Waals surface area contributed by atoms with Crippen molar-refractivity contribution in [2.45, 2.75) is 49.3 Å². The number of hydrogen-bond acceptors (Lipinski definition) is 3. The number of benzene rings is 1. The zero-order chi connectivity index (χ0) is 13.6. The Bertz CT molecular complexity index is 529. The highest BCUT2D eigenvalue weighted by Crippen LogP contribution is 2.35. The SMILES string of the molecule is CC(C)S(=O)(=O)c1ccc(C2CNC2(C)C)cc1. The van der Waals surface area contributed by atoms with Gasteiger partial charge in [0.25, 0.3) is 0 Å². The second kappa shape index (κ2) is 4.35. The van der Waals surface area contributed by atoms with Gasteiger partial charge in [-0.1, -0.05) is 12.1 Å². The lowest BCUT2D eigenvalue weighted by Gasteiger charge is -2.46. The van der Waals surface area contributed by atoms with Crippen LogP contribution in [-0.2, 0) is 9.84 Å². The van der Waals surface area contributed by atoms with Gasteiger partial charge in [0.15, 0.2) is 9.84 Å². The third-order valence-corrected chi connectivity index (χ3v) is 6.03. The highest BCUT2D eigenvalue weighted by Gasteiger charge is 2.38. The van der Waals surface area contributed by atoms with Crippen LogP contribution in [0.2, 0.25) is 0 Å². The monoisotopic (exact) mass is 267 g/mol. The van der Waals surface area contributed by atoms with Crippen LogP contribution in [-0.4, -0.2) is 25.8 Å². The van der Waals surface area contributed by atoms with Gasteiger partial charge in [0.05, 0.1) is 10.1 Å². The first kappa shape index (κ1) is 13.6. The van der Waals surface area contributed by atoms with Gasteiger partial charge in [0.2, 0.25) is 0 Å². The normalized spacial score (nSPS) is 22.8. The van der Waals surface area contributed by atoms with Crippen molar-refractivity contribution in [3.63, 3.8) is 0 Å². The van der Waals surface area contributed by atoms with E-state index in [1.165, 1.54) is 5.56 Å². The molecule has 1 heterocycles. The lowest BCUT2D eigenvalue weighted by atomic mass is 9.75. The van der Waals surface area contributed by atoms with Crippen molar-refractivity contribution in [2.24, 2.45) is 0 Å². The Hall–Kier alpha value is -0.870. The molecule has 0 saturated carbocycles. The van der Waals surface area contributed by atoms with Gasteiger partial charge in [-0.2, -0.15) is 0 Å². The smallest absolute Gasteiger partial charge is 0.180 e. The predicted octanol–water partition coefficient (Wildman–Crippen LogP) is 2.33. The summed E-state index contributed by atoms with van der Waals surface area (Å²) in [7, 11) is -3.15. The average Bonchev–Trinajstić information content (AvgIpc) is 2.28. The zero-order valence-corrected chi connectivity index (χ0v) is 12.2. The highest BCUT2D eigenvalue weighted by molar-refractivity contribution is 7.92. The maximum Gasteiger partial charge on any atom is 0.180 e. The molecule has 2 rings (SSSR count). The molecule has 0 bridgehead atoms. The van der Waals surface area contributed by atoms with E-state index in [0.717, 1.165) is 6.54 Å². The van der Waals surface area contributed by atoms with Crippen LogP contribution >= 0.6 is 0 Å². The quantitative estimate of drug-likeness (QED) is 0.914. The van der Waals surface area contributed by atoms with Crippen molar-refractivity contribution in [3.8, 4) is 0 Å². The minimum absolute atomic E-state index is 0.110. The fourth-order valence-electron chi connectivity index (χ4n) is 2.31. The fourth-order valence-corrected chi connectivity index (χ4v) is 3.37. The largest absolute Gasteiger partial charge is 0.310 e. The third kappa shape index (κ3) is 2.19. The van der Waals surface area contributed by atoms with Crippen LogP contribution in [0.15, 0.2) is 29.2 Å². The molecule has 1 aromatic rings. The van der Waals surface area contributed by atoms with Gasteiger partial charge in [-0.15, -0.1) is 0 Å². The van der Waals surface area contributed by atoms with E-state index in [-0.39, 0.29) is 10.8 Å². The maximum atomic E-state index is 12.0. The lowest BCUT2D eigenvalue weighted by molar-refractivity contribution is 0.208. The van der Waals surface area contributed by atoms with Gasteiger partial charge in [0, 0.05) is 18.0 Å². The summed E-state index contributed by atoms with van der Waals surface area (Å²) in [5, 5.41) is 3.01. The molecular formula is C14H21NO2S. The summed E-state index contributed by atoms with van der Waals surface area (Å²) in [4.78, 5) is 0.423. The lowest BCUT2D eigenvalue weighted by Crippen LogP contribution is -2.59. The molecule has 0 aliphatic carbocycles. The Morgan fingerprint density at radius 3 is 2.11 bits per heavy atom. The molecule has 1 atom stereocenters. The molecule has 0 aromatic heterocycles. The van der Waals surface area contributed by atoms with E-state index in [9.17, 15) is 8.42 Å². The molecule has 1 aliphatic rings. The summed E-state index contributed by atoms with van der Waals surface area (Å²) in [5.41, 5.74) is 1.32. The summed E-state index contributed by atoms with van der Waals surface area (Å²) >= 11 is 0. The highest BCUT2D eigenvalue weighted by atomic mass is 32.2. The molecule has 3 nitrogen and oxygen atoms in total. The van der Waals surface area contributed by atoms with Crippen LogP contribution < -0.4 is 5.32 Å². The topological polar surface area (TPSA) is 46.2 Å². The molecule has 1 fully saturated rings. The van der Waals surface area contributed by atoms with Gasteiger partial charge in [-0.05, 0) is 45.4 Å². The third-order valence-electron chi connectivity index (χ3n) is 3.86. The minimum atomic E-state index is -3.15. The molecule has 0 spiro atoms. The Morgan fingerprint density at radius 2 is 1.78 bits per heavy atom. The van der Waals surface area contributed by atoms with E-state index in [1.54, 1.807) is 26.0 Å². The van der Waals surface area contributed by atoms with E-state index in [2.05, 4.69) is 19.2 Å².